The summed E-state index contributed by atoms with van der Waals surface area (Å²) in [6.45, 7) is 6.80. The summed E-state index contributed by atoms with van der Waals surface area (Å²) >= 11 is 1.48. The normalized spacial score (nSPS) is 15.5. The van der Waals surface area contributed by atoms with E-state index in [1.807, 2.05) is 24.0 Å². The quantitative estimate of drug-likeness (QED) is 0.533. The molecule has 0 saturated carbocycles. The Kier molecular flexibility index (Phi) is 6.01. The van der Waals surface area contributed by atoms with Gasteiger partial charge in [0.2, 0.25) is 0 Å². The van der Waals surface area contributed by atoms with E-state index in [4.69, 9.17) is 14.5 Å². The van der Waals surface area contributed by atoms with Crippen LogP contribution in [0.3, 0.4) is 0 Å². The number of amides is 1. The van der Waals surface area contributed by atoms with Crippen molar-refractivity contribution in [1.29, 1.82) is 0 Å². The molecular formula is C25H28N2O3S. The van der Waals surface area contributed by atoms with Crippen molar-refractivity contribution in [2.75, 3.05) is 20.8 Å². The van der Waals surface area contributed by atoms with Crippen LogP contribution in [-0.2, 0) is 12.8 Å². The van der Waals surface area contributed by atoms with Gasteiger partial charge < -0.3 is 14.4 Å². The van der Waals surface area contributed by atoms with Gasteiger partial charge >= 0.3 is 0 Å². The number of ether oxygens (including phenoxy) is 2. The lowest BCUT2D eigenvalue weighted by atomic mass is 9.92. The standard InChI is InChI=1S/C25H28N2O3S/c1-6-17-7-9-18(10-8-17)24-26-15(2)23(31-24)25(28)27-12-11-19-13-21(29-4)22(30-5)14-20(19)16(27)3/h7-10,13-14,16H,6,11-12H2,1-5H3. The zero-order chi connectivity index (χ0) is 22.1. The van der Waals surface area contributed by atoms with Crippen molar-refractivity contribution in [2.24, 2.45) is 0 Å². The number of aryl methyl sites for hydroxylation is 2. The van der Waals surface area contributed by atoms with E-state index in [1.165, 1.54) is 22.5 Å². The maximum absolute atomic E-state index is 13.5. The van der Waals surface area contributed by atoms with Crippen LogP contribution in [0.2, 0.25) is 0 Å². The fourth-order valence-corrected chi connectivity index (χ4v) is 5.18. The Morgan fingerprint density at radius 1 is 1.16 bits per heavy atom. The summed E-state index contributed by atoms with van der Waals surface area (Å²) in [7, 11) is 3.28. The third kappa shape index (κ3) is 3.92. The molecule has 3 aromatic rings. The third-order valence-corrected chi connectivity index (χ3v) is 7.24. The van der Waals surface area contributed by atoms with Crippen LogP contribution in [-0.4, -0.2) is 36.6 Å². The summed E-state index contributed by atoms with van der Waals surface area (Å²) in [4.78, 5) is 20.9. The van der Waals surface area contributed by atoms with Gasteiger partial charge in [-0.2, -0.15) is 0 Å². The second kappa shape index (κ2) is 8.71. The number of fused-ring (bicyclic) bond motifs is 1. The van der Waals surface area contributed by atoms with E-state index in [9.17, 15) is 4.79 Å². The third-order valence-electron chi connectivity index (χ3n) is 6.05. The first-order valence-corrected chi connectivity index (χ1v) is 11.4. The number of hydrogen-bond donors (Lipinski definition) is 0. The fourth-order valence-electron chi connectivity index (χ4n) is 4.15. The Labute approximate surface area is 187 Å². The number of aromatic nitrogens is 1. The molecular weight excluding hydrogens is 408 g/mol. The van der Waals surface area contributed by atoms with Crippen LogP contribution < -0.4 is 9.47 Å². The van der Waals surface area contributed by atoms with E-state index < -0.39 is 0 Å². The number of rotatable bonds is 5. The van der Waals surface area contributed by atoms with Gasteiger partial charge in [-0.15, -0.1) is 11.3 Å². The topological polar surface area (TPSA) is 51.7 Å². The lowest BCUT2D eigenvalue weighted by Crippen LogP contribution is -2.38. The van der Waals surface area contributed by atoms with Gasteiger partial charge in [0.1, 0.15) is 9.88 Å². The molecule has 1 atom stereocenters. The van der Waals surface area contributed by atoms with Crippen LogP contribution in [0.4, 0.5) is 0 Å². The summed E-state index contributed by atoms with van der Waals surface area (Å²) in [6.07, 6.45) is 1.79. The minimum Gasteiger partial charge on any atom is -0.493 e. The molecule has 4 rings (SSSR count). The van der Waals surface area contributed by atoms with Crippen molar-refractivity contribution in [3.8, 4) is 22.1 Å². The SMILES string of the molecule is CCc1ccc(-c2nc(C)c(C(=O)N3CCc4cc(OC)c(OC)cc4C3C)s2)cc1. The van der Waals surface area contributed by atoms with E-state index >= 15 is 0 Å². The predicted octanol–water partition coefficient (Wildman–Crippen LogP) is 5.46. The van der Waals surface area contributed by atoms with Crippen LogP contribution >= 0.6 is 11.3 Å². The molecule has 0 aliphatic carbocycles. The summed E-state index contributed by atoms with van der Waals surface area (Å²) in [6, 6.07) is 12.4. The smallest absolute Gasteiger partial charge is 0.266 e. The van der Waals surface area contributed by atoms with Crippen LogP contribution in [0, 0.1) is 6.92 Å². The number of carbonyl (C=O) groups excluding carboxylic acids is 1. The van der Waals surface area contributed by atoms with Gasteiger partial charge in [0.15, 0.2) is 11.5 Å². The first kappa shape index (κ1) is 21.4. The lowest BCUT2D eigenvalue weighted by molar-refractivity contribution is 0.0681. The van der Waals surface area contributed by atoms with E-state index in [0.717, 1.165) is 40.4 Å². The largest absolute Gasteiger partial charge is 0.493 e. The maximum Gasteiger partial charge on any atom is 0.266 e. The Morgan fingerprint density at radius 3 is 2.48 bits per heavy atom. The van der Waals surface area contributed by atoms with Gasteiger partial charge in [-0.1, -0.05) is 31.2 Å². The Balaban J connectivity index is 1.62. The molecule has 0 saturated heterocycles. The molecule has 1 aromatic heterocycles. The fraction of sp³-hybridized carbons (Fsp3) is 0.360. The second-order valence-electron chi connectivity index (χ2n) is 7.81. The molecule has 1 aliphatic heterocycles. The van der Waals surface area contributed by atoms with Gasteiger partial charge in [0.25, 0.3) is 5.91 Å². The summed E-state index contributed by atoms with van der Waals surface area (Å²) in [5.74, 6) is 1.46. The van der Waals surface area contributed by atoms with Crippen molar-refractivity contribution < 1.29 is 14.3 Å². The average Bonchev–Trinajstić information content (AvgIpc) is 3.19. The van der Waals surface area contributed by atoms with E-state index in [2.05, 4.69) is 38.1 Å². The molecule has 162 valence electrons. The number of benzene rings is 2. The van der Waals surface area contributed by atoms with Crippen molar-refractivity contribution in [2.45, 2.75) is 39.7 Å². The van der Waals surface area contributed by atoms with E-state index in [0.29, 0.717) is 17.2 Å². The first-order chi connectivity index (χ1) is 15.0. The highest BCUT2D eigenvalue weighted by molar-refractivity contribution is 7.17. The highest BCUT2D eigenvalue weighted by atomic mass is 32.1. The number of carbonyl (C=O) groups is 1. The van der Waals surface area contributed by atoms with Crippen molar-refractivity contribution in [3.63, 3.8) is 0 Å². The number of thiazole rings is 1. The van der Waals surface area contributed by atoms with Crippen molar-refractivity contribution in [1.82, 2.24) is 9.88 Å². The Morgan fingerprint density at radius 2 is 1.84 bits per heavy atom. The predicted molar refractivity (Wildman–Crippen MR) is 124 cm³/mol. The summed E-state index contributed by atoms with van der Waals surface area (Å²) in [5.41, 5.74) is 5.44. The molecule has 1 amide bonds. The van der Waals surface area contributed by atoms with E-state index in [-0.39, 0.29) is 11.9 Å². The number of nitrogens with zero attached hydrogens (tertiary/aromatic N) is 2. The zero-order valence-corrected chi connectivity index (χ0v) is 19.5. The molecule has 31 heavy (non-hydrogen) atoms. The van der Waals surface area contributed by atoms with Crippen LogP contribution in [0.5, 0.6) is 11.5 Å². The number of methoxy groups -OCH3 is 2. The minimum atomic E-state index is -0.0511. The molecule has 1 aliphatic rings. The maximum atomic E-state index is 13.5. The van der Waals surface area contributed by atoms with Gasteiger partial charge in [0.05, 0.1) is 26.0 Å². The lowest BCUT2D eigenvalue weighted by Gasteiger charge is -2.35. The molecule has 0 N–H and O–H groups in total. The molecule has 0 spiro atoms. The van der Waals surface area contributed by atoms with Gasteiger partial charge in [-0.05, 0) is 55.5 Å². The Hall–Kier alpha value is -2.86. The van der Waals surface area contributed by atoms with Gasteiger partial charge in [0, 0.05) is 12.1 Å². The van der Waals surface area contributed by atoms with Crippen LogP contribution in [0.25, 0.3) is 10.6 Å². The second-order valence-corrected chi connectivity index (χ2v) is 8.81. The zero-order valence-electron chi connectivity index (χ0n) is 18.7. The summed E-state index contributed by atoms with van der Waals surface area (Å²) < 4.78 is 10.9. The molecule has 0 fully saturated rings. The molecule has 6 heteroatoms. The molecule has 1 unspecified atom stereocenters. The van der Waals surface area contributed by atoms with Crippen molar-refractivity contribution in [3.05, 3.63) is 63.7 Å². The van der Waals surface area contributed by atoms with Crippen LogP contribution in [0.15, 0.2) is 36.4 Å². The van der Waals surface area contributed by atoms with Crippen LogP contribution in [0.1, 0.15) is 51.9 Å². The van der Waals surface area contributed by atoms with Gasteiger partial charge in [-0.25, -0.2) is 4.98 Å². The molecule has 5 nitrogen and oxygen atoms in total. The number of hydrogen-bond acceptors (Lipinski definition) is 5. The molecule has 0 bridgehead atoms. The Bertz CT molecular complexity index is 1100. The van der Waals surface area contributed by atoms with Crippen molar-refractivity contribution >= 4 is 17.2 Å². The summed E-state index contributed by atoms with van der Waals surface area (Å²) in [5, 5.41) is 0.889. The average molecular weight is 437 g/mol. The van der Waals surface area contributed by atoms with E-state index in [1.54, 1.807) is 14.2 Å². The minimum absolute atomic E-state index is 0.0411. The first-order valence-electron chi connectivity index (χ1n) is 10.6. The molecule has 0 radical (unpaired) electrons. The van der Waals surface area contributed by atoms with Gasteiger partial charge in [-0.3, -0.25) is 4.79 Å². The monoisotopic (exact) mass is 436 g/mol. The highest BCUT2D eigenvalue weighted by Gasteiger charge is 2.31. The highest BCUT2D eigenvalue weighted by Crippen LogP contribution is 2.39. The molecule has 2 heterocycles. The molecule has 2 aromatic carbocycles.